The first-order chi connectivity index (χ1) is 12.1. The highest BCUT2D eigenvalue weighted by Gasteiger charge is 2.14. The smallest absolute Gasteiger partial charge is 0.191 e. The summed E-state index contributed by atoms with van der Waals surface area (Å²) in [6, 6.07) is 5.85. The van der Waals surface area contributed by atoms with E-state index in [0.29, 0.717) is 0 Å². The zero-order valence-electron chi connectivity index (χ0n) is 17.0. The molecule has 0 saturated heterocycles. The topological polar surface area (TPSA) is 58.1 Å². The van der Waals surface area contributed by atoms with Crippen molar-refractivity contribution in [3.8, 4) is 11.5 Å². The Bertz CT molecular complexity index is 540. The fourth-order valence-electron chi connectivity index (χ4n) is 2.73. The van der Waals surface area contributed by atoms with Crippen LogP contribution in [0.4, 0.5) is 0 Å². The first-order valence-corrected chi connectivity index (χ1v) is 9.00. The van der Waals surface area contributed by atoms with E-state index in [1.807, 2.05) is 18.2 Å². The molecule has 26 heavy (non-hydrogen) atoms. The molecule has 0 bridgehead atoms. The predicted octanol–water partition coefficient (Wildman–Crippen LogP) is 3.28. The van der Waals surface area contributed by atoms with Gasteiger partial charge in [-0.25, -0.2) is 0 Å². The molecule has 0 aliphatic heterocycles. The Balaban J connectivity index is 0.00000625. The van der Waals surface area contributed by atoms with Gasteiger partial charge in [-0.15, -0.1) is 24.0 Å². The van der Waals surface area contributed by atoms with Crippen LogP contribution in [-0.2, 0) is 0 Å². The van der Waals surface area contributed by atoms with Crippen LogP contribution in [0.15, 0.2) is 23.2 Å². The lowest BCUT2D eigenvalue weighted by Gasteiger charge is -2.23. The number of nitrogens with zero attached hydrogens (tertiary/aromatic N) is 2. The second-order valence-corrected chi connectivity index (χ2v) is 5.91. The van der Waals surface area contributed by atoms with E-state index in [4.69, 9.17) is 9.47 Å². The molecule has 0 heterocycles. The molecule has 2 N–H and O–H groups in total. The summed E-state index contributed by atoms with van der Waals surface area (Å²) in [5, 5.41) is 6.80. The molecule has 0 spiro atoms. The number of halogens is 1. The standard InChI is InChI=1S/C19H34N4O2.HI/c1-7-12-23(8-2)13-11-21-19(20-4)22-15(3)17-14-16(24-5)9-10-18(17)25-6;/h9-10,14-15H,7-8,11-13H2,1-6H3,(H2,20,21,22);1H. The lowest BCUT2D eigenvalue weighted by molar-refractivity contribution is 0.292. The molecule has 1 aromatic rings. The van der Waals surface area contributed by atoms with E-state index in [2.05, 4.69) is 41.3 Å². The van der Waals surface area contributed by atoms with Gasteiger partial charge in [0.25, 0.3) is 0 Å². The third-order valence-electron chi connectivity index (χ3n) is 4.19. The predicted molar refractivity (Wildman–Crippen MR) is 120 cm³/mol. The number of benzene rings is 1. The van der Waals surface area contributed by atoms with Gasteiger partial charge in [-0.05, 0) is 44.6 Å². The van der Waals surface area contributed by atoms with Crippen LogP contribution >= 0.6 is 24.0 Å². The van der Waals surface area contributed by atoms with Crippen LogP contribution in [0.2, 0.25) is 0 Å². The molecule has 0 aliphatic rings. The molecule has 1 aromatic carbocycles. The minimum atomic E-state index is 0. The molecule has 1 unspecified atom stereocenters. The van der Waals surface area contributed by atoms with E-state index >= 15 is 0 Å². The van der Waals surface area contributed by atoms with Crippen molar-refractivity contribution in [2.45, 2.75) is 33.2 Å². The van der Waals surface area contributed by atoms with Crippen molar-refractivity contribution in [2.75, 3.05) is 47.4 Å². The van der Waals surface area contributed by atoms with Gasteiger partial charge < -0.3 is 25.0 Å². The van der Waals surface area contributed by atoms with Crippen molar-refractivity contribution in [3.05, 3.63) is 23.8 Å². The first-order valence-electron chi connectivity index (χ1n) is 9.00. The highest BCUT2D eigenvalue weighted by molar-refractivity contribution is 14.0. The summed E-state index contributed by atoms with van der Waals surface area (Å²) in [5.41, 5.74) is 1.03. The number of rotatable bonds is 10. The van der Waals surface area contributed by atoms with Gasteiger partial charge in [0.05, 0.1) is 20.3 Å². The van der Waals surface area contributed by atoms with Gasteiger partial charge in [0, 0.05) is 25.7 Å². The maximum absolute atomic E-state index is 5.47. The van der Waals surface area contributed by atoms with Crippen LogP contribution in [0, 0.1) is 0 Å². The zero-order valence-corrected chi connectivity index (χ0v) is 19.3. The molecule has 0 radical (unpaired) electrons. The van der Waals surface area contributed by atoms with Crippen molar-refractivity contribution >= 4 is 29.9 Å². The molecule has 7 heteroatoms. The SMILES string of the molecule is CCCN(CC)CCNC(=NC)NC(C)c1cc(OC)ccc1OC.I. The molecule has 1 atom stereocenters. The normalized spacial score (nSPS) is 12.3. The number of ether oxygens (including phenoxy) is 2. The third kappa shape index (κ3) is 7.99. The fourth-order valence-corrected chi connectivity index (χ4v) is 2.73. The Morgan fingerprint density at radius 3 is 2.46 bits per heavy atom. The largest absolute Gasteiger partial charge is 0.497 e. The van der Waals surface area contributed by atoms with Crippen LogP contribution in [-0.4, -0.2) is 58.3 Å². The van der Waals surface area contributed by atoms with Crippen molar-refractivity contribution in [3.63, 3.8) is 0 Å². The highest BCUT2D eigenvalue weighted by atomic mass is 127. The number of hydrogen-bond acceptors (Lipinski definition) is 4. The van der Waals surface area contributed by atoms with E-state index in [1.54, 1.807) is 21.3 Å². The zero-order chi connectivity index (χ0) is 18.7. The molecular formula is C19H35IN4O2. The quantitative estimate of drug-likeness (QED) is 0.307. The molecule has 150 valence electrons. The molecule has 0 saturated carbocycles. The van der Waals surface area contributed by atoms with Gasteiger partial charge in [-0.2, -0.15) is 0 Å². The minimum absolute atomic E-state index is 0. The maximum atomic E-state index is 5.47. The Kier molecular flexibility index (Phi) is 13.3. The Labute approximate surface area is 175 Å². The number of methoxy groups -OCH3 is 2. The van der Waals surface area contributed by atoms with Crippen LogP contribution in [0.5, 0.6) is 11.5 Å². The maximum Gasteiger partial charge on any atom is 0.191 e. The number of aliphatic imine (C=N–C) groups is 1. The molecular weight excluding hydrogens is 443 g/mol. The third-order valence-corrected chi connectivity index (χ3v) is 4.19. The van der Waals surface area contributed by atoms with Crippen molar-refractivity contribution < 1.29 is 9.47 Å². The Morgan fingerprint density at radius 2 is 1.92 bits per heavy atom. The minimum Gasteiger partial charge on any atom is -0.497 e. The average Bonchev–Trinajstić information content (AvgIpc) is 2.65. The van der Waals surface area contributed by atoms with Gasteiger partial charge in [-0.3, -0.25) is 4.99 Å². The van der Waals surface area contributed by atoms with E-state index in [1.165, 1.54) is 6.42 Å². The molecule has 6 nitrogen and oxygen atoms in total. The molecule has 1 rings (SSSR count). The van der Waals surface area contributed by atoms with Gasteiger partial charge >= 0.3 is 0 Å². The highest BCUT2D eigenvalue weighted by Crippen LogP contribution is 2.29. The van der Waals surface area contributed by atoms with Crippen molar-refractivity contribution in [1.82, 2.24) is 15.5 Å². The van der Waals surface area contributed by atoms with Gasteiger partial charge in [0.1, 0.15) is 11.5 Å². The summed E-state index contributed by atoms with van der Waals surface area (Å²) in [5.74, 6) is 2.42. The second kappa shape index (κ2) is 13.9. The van der Waals surface area contributed by atoms with Crippen LogP contribution < -0.4 is 20.1 Å². The number of nitrogens with one attached hydrogen (secondary N) is 2. The van der Waals surface area contributed by atoms with Crippen LogP contribution in [0.3, 0.4) is 0 Å². The summed E-state index contributed by atoms with van der Waals surface area (Å²) in [6.45, 7) is 10.5. The van der Waals surface area contributed by atoms with E-state index in [9.17, 15) is 0 Å². The van der Waals surface area contributed by atoms with Crippen molar-refractivity contribution in [2.24, 2.45) is 4.99 Å². The summed E-state index contributed by atoms with van der Waals surface area (Å²) in [6.07, 6.45) is 1.17. The number of hydrogen-bond donors (Lipinski definition) is 2. The van der Waals surface area contributed by atoms with Gasteiger partial charge in [0.2, 0.25) is 0 Å². The molecule has 0 amide bonds. The number of guanidine groups is 1. The summed E-state index contributed by atoms with van der Waals surface area (Å²) in [7, 11) is 5.13. The second-order valence-electron chi connectivity index (χ2n) is 5.91. The number of likely N-dealkylation sites (N-methyl/N-ethyl adjacent to an activating group) is 1. The average molecular weight is 478 g/mol. The first kappa shape index (κ1) is 24.8. The van der Waals surface area contributed by atoms with Gasteiger partial charge in [-0.1, -0.05) is 13.8 Å². The summed E-state index contributed by atoms with van der Waals surface area (Å²) in [4.78, 5) is 6.75. The van der Waals surface area contributed by atoms with Crippen LogP contribution in [0.25, 0.3) is 0 Å². The molecule has 0 aliphatic carbocycles. The van der Waals surface area contributed by atoms with E-state index in [-0.39, 0.29) is 30.0 Å². The van der Waals surface area contributed by atoms with E-state index in [0.717, 1.165) is 49.2 Å². The van der Waals surface area contributed by atoms with Gasteiger partial charge in [0.15, 0.2) is 5.96 Å². The Hall–Kier alpha value is -1.22. The summed E-state index contributed by atoms with van der Waals surface area (Å²) < 4.78 is 10.8. The Morgan fingerprint density at radius 1 is 1.19 bits per heavy atom. The van der Waals surface area contributed by atoms with E-state index < -0.39 is 0 Å². The van der Waals surface area contributed by atoms with Crippen molar-refractivity contribution in [1.29, 1.82) is 0 Å². The fraction of sp³-hybridized carbons (Fsp3) is 0.632. The van der Waals surface area contributed by atoms with Crippen LogP contribution in [0.1, 0.15) is 38.8 Å². The molecule has 0 fully saturated rings. The monoisotopic (exact) mass is 478 g/mol. The lowest BCUT2D eigenvalue weighted by atomic mass is 10.1. The molecule has 0 aromatic heterocycles. The summed E-state index contributed by atoms with van der Waals surface area (Å²) >= 11 is 0. The lowest BCUT2D eigenvalue weighted by Crippen LogP contribution is -2.42.